The molecule has 0 radical (unpaired) electrons. The molecule has 0 aromatic heterocycles. The Labute approximate surface area is 93.6 Å². The van der Waals surface area contributed by atoms with E-state index in [9.17, 15) is 5.21 Å². The Kier molecular flexibility index (Phi) is 7.44. The summed E-state index contributed by atoms with van der Waals surface area (Å²) in [6.45, 7) is 10.1. The van der Waals surface area contributed by atoms with E-state index in [1.807, 2.05) is 26.8 Å². The summed E-state index contributed by atoms with van der Waals surface area (Å²) < 4.78 is 0. The molecule has 0 amide bonds. The molecule has 0 saturated heterocycles. The van der Waals surface area contributed by atoms with Crippen molar-refractivity contribution in [1.29, 1.82) is 0 Å². The van der Waals surface area contributed by atoms with E-state index in [1.165, 1.54) is 0 Å². The van der Waals surface area contributed by atoms with Crippen LogP contribution in [0.3, 0.4) is 0 Å². The third kappa shape index (κ3) is 5.80. The zero-order valence-electron chi connectivity index (χ0n) is 10.6. The highest BCUT2D eigenvalue weighted by Crippen LogP contribution is 2.14. The van der Waals surface area contributed by atoms with Crippen molar-refractivity contribution in [3.63, 3.8) is 0 Å². The summed E-state index contributed by atoms with van der Waals surface area (Å²) in [6.07, 6.45) is 4.39. The average molecular weight is 214 g/mol. The van der Waals surface area contributed by atoms with Crippen molar-refractivity contribution >= 4 is 0 Å². The van der Waals surface area contributed by atoms with Crippen LogP contribution in [0.25, 0.3) is 0 Å². The number of hydrogen-bond acceptors (Lipinski definition) is 3. The highest BCUT2D eigenvalue weighted by Gasteiger charge is 2.08. The highest BCUT2D eigenvalue weighted by atomic mass is 16.9. The van der Waals surface area contributed by atoms with Gasteiger partial charge < -0.3 is 10.0 Å². The van der Waals surface area contributed by atoms with E-state index < -0.39 is 0 Å². The van der Waals surface area contributed by atoms with Crippen molar-refractivity contribution in [3.8, 4) is 0 Å². The lowest BCUT2D eigenvalue weighted by Gasteiger charge is -2.35. The maximum Gasteiger partial charge on any atom is 0.119 e. The van der Waals surface area contributed by atoms with Crippen LogP contribution in [0.4, 0.5) is 0 Å². The fourth-order valence-electron chi connectivity index (χ4n) is 1.36. The predicted octanol–water partition coefficient (Wildman–Crippen LogP) is 3.86. The lowest BCUT2D eigenvalue weighted by Crippen LogP contribution is -2.28. The summed E-state index contributed by atoms with van der Waals surface area (Å²) in [7, 11) is 0. The van der Waals surface area contributed by atoms with Gasteiger partial charge in [-0.05, 0) is 24.8 Å². The molecule has 0 fully saturated rings. The van der Waals surface area contributed by atoms with E-state index >= 15 is 0 Å². The van der Waals surface area contributed by atoms with Gasteiger partial charge in [0.15, 0.2) is 0 Å². The Balaban J connectivity index is 4.28. The van der Waals surface area contributed by atoms with Gasteiger partial charge in [-0.15, -0.1) is 0 Å². The molecular weight excluding hydrogens is 190 g/mol. The minimum atomic E-state index is -0.0351. The maximum absolute atomic E-state index is 11.6. The molecule has 3 heteroatoms. The van der Waals surface area contributed by atoms with Gasteiger partial charge in [-0.2, -0.15) is 0 Å². The predicted molar refractivity (Wildman–Crippen MR) is 63.9 cm³/mol. The quantitative estimate of drug-likeness (QED) is 0.477. The van der Waals surface area contributed by atoms with Crippen molar-refractivity contribution in [2.75, 3.05) is 0 Å². The zero-order chi connectivity index (χ0) is 11.8. The van der Waals surface area contributed by atoms with Gasteiger partial charge in [-0.25, -0.2) is 5.23 Å². The summed E-state index contributed by atoms with van der Waals surface area (Å²) in [6, 6.07) is -0.0351. The van der Waals surface area contributed by atoms with Crippen LogP contribution in [0, 0.1) is 11.1 Å². The van der Waals surface area contributed by atoms with Gasteiger partial charge >= 0.3 is 0 Å². The third-order valence-corrected chi connectivity index (χ3v) is 2.32. The first kappa shape index (κ1) is 14.5. The molecule has 0 saturated carbocycles. The SMILES string of the molecule is CC/C(=C/C(C)C)ON([O-])C(CC)CC. The van der Waals surface area contributed by atoms with Crippen molar-refractivity contribution in [3.05, 3.63) is 17.0 Å². The minimum Gasteiger partial charge on any atom is -0.752 e. The smallest absolute Gasteiger partial charge is 0.119 e. The number of hydroxylamine groups is 2. The molecule has 0 N–H and O–H groups in total. The molecule has 0 rings (SSSR count). The Hall–Kier alpha value is -0.540. The molecule has 0 atom stereocenters. The number of nitrogens with zero attached hydrogens (tertiary/aromatic N) is 1. The molecule has 0 aliphatic rings. The monoisotopic (exact) mass is 214 g/mol. The standard InChI is InChI=1S/C12H24NO2/c1-6-11(7-2)13(14)15-12(8-3)9-10(4)5/h9-11H,6-8H2,1-5H3/q-1/b12-9-. The van der Waals surface area contributed by atoms with Crippen LogP contribution in [0.1, 0.15) is 53.9 Å². The van der Waals surface area contributed by atoms with Gasteiger partial charge in [0.2, 0.25) is 0 Å². The van der Waals surface area contributed by atoms with Crippen LogP contribution >= 0.6 is 0 Å². The number of hydrogen-bond donors (Lipinski definition) is 0. The van der Waals surface area contributed by atoms with Gasteiger partial charge in [0, 0.05) is 12.5 Å². The molecule has 90 valence electrons. The van der Waals surface area contributed by atoms with Crippen LogP contribution in [0.2, 0.25) is 0 Å². The Bertz CT molecular complexity index is 186. The van der Waals surface area contributed by atoms with Crippen molar-refractivity contribution < 1.29 is 4.84 Å². The lowest BCUT2D eigenvalue weighted by molar-refractivity contribution is -0.113. The molecule has 3 nitrogen and oxygen atoms in total. The Morgan fingerprint density at radius 1 is 1.27 bits per heavy atom. The summed E-state index contributed by atoms with van der Waals surface area (Å²) in [5.41, 5.74) is 0. The number of allylic oxidation sites excluding steroid dienone is 2. The van der Waals surface area contributed by atoms with Crippen LogP contribution < -0.4 is 0 Å². The fourth-order valence-corrected chi connectivity index (χ4v) is 1.36. The maximum atomic E-state index is 11.6. The normalized spacial score (nSPS) is 13.0. The Morgan fingerprint density at radius 2 is 1.80 bits per heavy atom. The molecule has 15 heavy (non-hydrogen) atoms. The second kappa shape index (κ2) is 7.71. The topological polar surface area (TPSA) is 35.5 Å². The molecule has 0 unspecified atom stereocenters. The van der Waals surface area contributed by atoms with E-state index in [1.54, 1.807) is 0 Å². The molecule has 0 aliphatic heterocycles. The van der Waals surface area contributed by atoms with E-state index in [0.717, 1.165) is 30.2 Å². The first-order valence-electron chi connectivity index (χ1n) is 5.90. The van der Waals surface area contributed by atoms with Crippen molar-refractivity contribution in [2.24, 2.45) is 5.92 Å². The van der Waals surface area contributed by atoms with Gasteiger partial charge in [-0.1, -0.05) is 34.6 Å². The van der Waals surface area contributed by atoms with E-state index in [2.05, 4.69) is 13.8 Å². The number of rotatable bonds is 7. The summed E-state index contributed by atoms with van der Waals surface area (Å²) in [5.74, 6) is 1.18. The zero-order valence-corrected chi connectivity index (χ0v) is 10.6. The second-order valence-electron chi connectivity index (χ2n) is 4.08. The van der Waals surface area contributed by atoms with E-state index in [0.29, 0.717) is 5.92 Å². The first-order valence-corrected chi connectivity index (χ1v) is 5.90. The third-order valence-electron chi connectivity index (χ3n) is 2.32. The second-order valence-corrected chi connectivity index (χ2v) is 4.08. The summed E-state index contributed by atoms with van der Waals surface area (Å²) >= 11 is 0. The van der Waals surface area contributed by atoms with Crippen LogP contribution in [-0.4, -0.2) is 11.3 Å². The minimum absolute atomic E-state index is 0.0351. The largest absolute Gasteiger partial charge is 0.752 e. The van der Waals surface area contributed by atoms with Crippen LogP contribution in [0.5, 0.6) is 0 Å². The van der Waals surface area contributed by atoms with E-state index in [4.69, 9.17) is 4.84 Å². The summed E-state index contributed by atoms with van der Waals surface area (Å²) in [4.78, 5) is 5.29. The van der Waals surface area contributed by atoms with E-state index in [-0.39, 0.29) is 6.04 Å². The Morgan fingerprint density at radius 3 is 2.13 bits per heavy atom. The molecule has 0 heterocycles. The summed E-state index contributed by atoms with van der Waals surface area (Å²) in [5, 5.41) is 12.4. The molecular formula is C12H24NO2-. The van der Waals surface area contributed by atoms with Gasteiger partial charge in [0.05, 0.1) is 0 Å². The lowest BCUT2D eigenvalue weighted by atomic mass is 10.2. The molecule has 0 spiro atoms. The fraction of sp³-hybridized carbons (Fsp3) is 0.833. The van der Waals surface area contributed by atoms with Crippen molar-refractivity contribution in [1.82, 2.24) is 5.23 Å². The molecule has 0 aromatic carbocycles. The average Bonchev–Trinajstić information content (AvgIpc) is 2.17. The first-order chi connectivity index (χ1) is 7.04. The van der Waals surface area contributed by atoms with Gasteiger partial charge in [0.25, 0.3) is 0 Å². The van der Waals surface area contributed by atoms with Crippen LogP contribution in [-0.2, 0) is 4.84 Å². The highest BCUT2D eigenvalue weighted by molar-refractivity contribution is 4.93. The van der Waals surface area contributed by atoms with Crippen molar-refractivity contribution in [2.45, 2.75) is 59.9 Å². The molecule has 0 bridgehead atoms. The molecule has 0 aliphatic carbocycles. The van der Waals surface area contributed by atoms with Gasteiger partial charge in [0.1, 0.15) is 5.76 Å². The van der Waals surface area contributed by atoms with Gasteiger partial charge in [-0.3, -0.25) is 0 Å². The molecule has 0 aromatic rings. The van der Waals surface area contributed by atoms with Crippen LogP contribution in [0.15, 0.2) is 11.8 Å².